The number of carbonyl (C=O) groups excluding carboxylic acids is 2. The lowest BCUT2D eigenvalue weighted by molar-refractivity contribution is -0.286. The van der Waals surface area contributed by atoms with Crippen LogP contribution in [0.2, 0.25) is 0 Å². The first-order valence-electron chi connectivity index (χ1n) is 10.2. The smallest absolute Gasteiger partial charge is 0.395 e. The zero-order valence-electron chi connectivity index (χ0n) is 17.4. The highest BCUT2D eigenvalue weighted by molar-refractivity contribution is 7.89. The van der Waals surface area contributed by atoms with Crippen LogP contribution in [0.5, 0.6) is 11.5 Å². The summed E-state index contributed by atoms with van der Waals surface area (Å²) in [6, 6.07) is 11.9. The van der Waals surface area contributed by atoms with Crippen LogP contribution in [0.25, 0.3) is 0 Å². The Hall–Kier alpha value is -3.25. The molecule has 0 spiro atoms. The van der Waals surface area contributed by atoms with Crippen molar-refractivity contribution in [3.63, 3.8) is 0 Å². The predicted octanol–water partition coefficient (Wildman–Crippen LogP) is 2.26. The molecule has 0 saturated carbocycles. The van der Waals surface area contributed by atoms with Crippen LogP contribution >= 0.6 is 0 Å². The number of piperazine rings is 1. The SMILES string of the molecule is O=C(CCC(=O)N1CCN(S(=O)(=O)c2ccccc2)CC1)Nc1ccc2c(c1)OC(F)(F)O2. The number of alkyl halides is 2. The van der Waals surface area contributed by atoms with Crippen LogP contribution in [-0.4, -0.2) is 61.9 Å². The van der Waals surface area contributed by atoms with Gasteiger partial charge in [0.15, 0.2) is 11.5 Å². The van der Waals surface area contributed by atoms with Gasteiger partial charge in [-0.1, -0.05) is 18.2 Å². The molecule has 0 radical (unpaired) electrons. The fourth-order valence-corrected chi connectivity index (χ4v) is 4.99. The predicted molar refractivity (Wildman–Crippen MR) is 112 cm³/mol. The highest BCUT2D eigenvalue weighted by Crippen LogP contribution is 2.42. The lowest BCUT2D eigenvalue weighted by atomic mass is 10.2. The number of carbonyl (C=O) groups is 2. The first-order chi connectivity index (χ1) is 15.6. The Morgan fingerprint density at radius 2 is 1.61 bits per heavy atom. The number of hydrogen-bond donors (Lipinski definition) is 1. The maximum Gasteiger partial charge on any atom is 0.586 e. The van der Waals surface area contributed by atoms with Crippen molar-refractivity contribution in [3.8, 4) is 11.5 Å². The van der Waals surface area contributed by atoms with Crippen molar-refractivity contribution < 1.29 is 36.3 Å². The molecule has 1 N–H and O–H groups in total. The molecular weight excluding hydrogens is 460 g/mol. The van der Waals surface area contributed by atoms with E-state index in [1.54, 1.807) is 18.2 Å². The molecule has 2 aliphatic heterocycles. The molecule has 2 heterocycles. The van der Waals surface area contributed by atoms with Gasteiger partial charge < -0.3 is 19.7 Å². The van der Waals surface area contributed by atoms with Crippen LogP contribution in [0.1, 0.15) is 12.8 Å². The fourth-order valence-electron chi connectivity index (χ4n) is 3.55. The van der Waals surface area contributed by atoms with Gasteiger partial charge in [0.2, 0.25) is 21.8 Å². The summed E-state index contributed by atoms with van der Waals surface area (Å²) in [5.41, 5.74) is 0.229. The molecule has 0 atom stereocenters. The molecular formula is C21H21F2N3O6S. The van der Waals surface area contributed by atoms with E-state index in [1.807, 2.05) is 0 Å². The molecule has 2 aromatic rings. The normalized spacial score (nSPS) is 17.6. The van der Waals surface area contributed by atoms with Crippen molar-refractivity contribution in [2.24, 2.45) is 0 Å². The zero-order chi connectivity index (χ0) is 23.6. The Balaban J connectivity index is 1.24. The quantitative estimate of drug-likeness (QED) is 0.679. The molecule has 0 aromatic heterocycles. The molecule has 12 heteroatoms. The minimum Gasteiger partial charge on any atom is -0.395 e. The van der Waals surface area contributed by atoms with E-state index in [2.05, 4.69) is 14.8 Å². The van der Waals surface area contributed by atoms with Gasteiger partial charge >= 0.3 is 6.29 Å². The Morgan fingerprint density at radius 3 is 2.30 bits per heavy atom. The van der Waals surface area contributed by atoms with Crippen LogP contribution in [0.4, 0.5) is 14.5 Å². The van der Waals surface area contributed by atoms with Gasteiger partial charge in [-0.25, -0.2) is 8.42 Å². The lowest BCUT2D eigenvalue weighted by Crippen LogP contribution is -2.50. The third-order valence-corrected chi connectivity index (χ3v) is 7.14. The number of anilines is 1. The molecule has 176 valence electrons. The van der Waals surface area contributed by atoms with E-state index in [9.17, 15) is 26.8 Å². The summed E-state index contributed by atoms with van der Waals surface area (Å²) in [5.74, 6) is -1.08. The van der Waals surface area contributed by atoms with E-state index in [0.29, 0.717) is 0 Å². The van der Waals surface area contributed by atoms with Crippen LogP contribution in [0.15, 0.2) is 53.4 Å². The second kappa shape index (κ2) is 8.94. The summed E-state index contributed by atoms with van der Waals surface area (Å²) >= 11 is 0. The number of amides is 2. The molecule has 9 nitrogen and oxygen atoms in total. The van der Waals surface area contributed by atoms with Crippen molar-refractivity contribution >= 4 is 27.5 Å². The number of sulfonamides is 1. The number of ether oxygens (including phenoxy) is 2. The molecule has 2 aromatic carbocycles. The monoisotopic (exact) mass is 481 g/mol. The lowest BCUT2D eigenvalue weighted by Gasteiger charge is -2.34. The van der Waals surface area contributed by atoms with E-state index in [1.165, 1.54) is 39.5 Å². The van der Waals surface area contributed by atoms with E-state index < -0.39 is 22.2 Å². The Morgan fingerprint density at radius 1 is 0.939 bits per heavy atom. The molecule has 1 saturated heterocycles. The third kappa shape index (κ3) is 5.22. The van der Waals surface area contributed by atoms with Crippen molar-refractivity contribution in [2.45, 2.75) is 24.0 Å². The van der Waals surface area contributed by atoms with Crippen LogP contribution in [-0.2, 0) is 19.6 Å². The minimum atomic E-state index is -3.75. The summed E-state index contributed by atoms with van der Waals surface area (Å²) in [7, 11) is -3.62. The van der Waals surface area contributed by atoms with Crippen LogP contribution < -0.4 is 14.8 Å². The van der Waals surface area contributed by atoms with Gasteiger partial charge in [-0.2, -0.15) is 4.31 Å². The number of fused-ring (bicyclic) bond motifs is 1. The largest absolute Gasteiger partial charge is 0.586 e. The van der Waals surface area contributed by atoms with Crippen LogP contribution in [0.3, 0.4) is 0 Å². The zero-order valence-corrected chi connectivity index (χ0v) is 18.2. The van der Waals surface area contributed by atoms with E-state index in [0.717, 1.165) is 0 Å². The Kier molecular flexibility index (Phi) is 6.21. The average Bonchev–Trinajstić information content (AvgIpc) is 3.11. The number of nitrogens with one attached hydrogen (secondary N) is 1. The van der Waals surface area contributed by atoms with Gasteiger partial charge in [0.25, 0.3) is 0 Å². The molecule has 0 unspecified atom stereocenters. The van der Waals surface area contributed by atoms with E-state index in [-0.39, 0.29) is 67.0 Å². The van der Waals surface area contributed by atoms with Gasteiger partial charge in [-0.05, 0) is 24.3 Å². The van der Waals surface area contributed by atoms with E-state index in [4.69, 9.17) is 0 Å². The number of nitrogens with zero attached hydrogens (tertiary/aromatic N) is 2. The minimum absolute atomic E-state index is 0.0696. The maximum atomic E-state index is 13.1. The molecule has 2 aliphatic rings. The molecule has 33 heavy (non-hydrogen) atoms. The fraction of sp³-hybridized carbons (Fsp3) is 0.333. The molecule has 4 rings (SSSR count). The number of hydrogen-bond acceptors (Lipinski definition) is 6. The number of halogens is 2. The van der Waals surface area contributed by atoms with E-state index >= 15 is 0 Å². The Bertz CT molecular complexity index is 1150. The number of benzene rings is 2. The second-order valence-corrected chi connectivity index (χ2v) is 9.41. The third-order valence-electron chi connectivity index (χ3n) is 5.22. The summed E-state index contributed by atoms with van der Waals surface area (Å²) in [6.07, 6.45) is -3.94. The van der Waals surface area contributed by atoms with Crippen molar-refractivity contribution in [1.82, 2.24) is 9.21 Å². The number of rotatable bonds is 6. The van der Waals surface area contributed by atoms with Crippen molar-refractivity contribution in [3.05, 3.63) is 48.5 Å². The van der Waals surface area contributed by atoms with Gasteiger partial charge in [0.05, 0.1) is 4.90 Å². The van der Waals surface area contributed by atoms with Crippen molar-refractivity contribution in [2.75, 3.05) is 31.5 Å². The van der Waals surface area contributed by atoms with Gasteiger partial charge in [-0.15, -0.1) is 8.78 Å². The first-order valence-corrected chi connectivity index (χ1v) is 11.6. The summed E-state index contributed by atoms with van der Waals surface area (Å²) in [6.45, 7) is 0.778. The average molecular weight is 481 g/mol. The second-order valence-electron chi connectivity index (χ2n) is 7.48. The molecule has 2 amide bonds. The summed E-state index contributed by atoms with van der Waals surface area (Å²) in [5, 5.41) is 2.52. The standard InChI is InChI=1S/C21H21F2N3O6S/c22-21(23)31-17-7-6-15(14-18(17)32-21)24-19(27)8-9-20(28)25-10-12-26(13-11-25)33(29,30)16-4-2-1-3-5-16/h1-7,14H,8-13H2,(H,24,27). The highest BCUT2D eigenvalue weighted by Gasteiger charge is 2.43. The molecule has 1 fully saturated rings. The van der Waals surface area contributed by atoms with Gasteiger partial charge in [0.1, 0.15) is 0 Å². The highest BCUT2D eigenvalue weighted by atomic mass is 32.2. The van der Waals surface area contributed by atoms with Crippen LogP contribution in [0, 0.1) is 0 Å². The maximum absolute atomic E-state index is 13.1. The summed E-state index contributed by atoms with van der Waals surface area (Å²) in [4.78, 5) is 26.4. The van der Waals surface area contributed by atoms with Gasteiger partial charge in [-0.3, -0.25) is 9.59 Å². The Labute approximate surface area is 188 Å². The summed E-state index contributed by atoms with van der Waals surface area (Å²) < 4.78 is 61.5. The van der Waals surface area contributed by atoms with Gasteiger partial charge in [0, 0.05) is 50.8 Å². The topological polar surface area (TPSA) is 105 Å². The molecule has 0 bridgehead atoms. The molecule has 0 aliphatic carbocycles. The van der Waals surface area contributed by atoms with Crippen molar-refractivity contribution in [1.29, 1.82) is 0 Å². The first kappa shape index (κ1) is 22.9.